The molecule has 0 saturated heterocycles. The number of hydrogen-bond donors (Lipinski definition) is 1. The van der Waals surface area contributed by atoms with Crippen LogP contribution < -0.4 is 10.1 Å². The first-order valence-corrected chi connectivity index (χ1v) is 6.47. The Kier molecular flexibility index (Phi) is 4.39. The monoisotopic (exact) mass is 349 g/mol. The van der Waals surface area contributed by atoms with Gasteiger partial charge in [0.2, 0.25) is 0 Å². The number of hydrogen-bond acceptors (Lipinski definition) is 3. The third-order valence-electron chi connectivity index (χ3n) is 2.62. The van der Waals surface area contributed by atoms with Gasteiger partial charge < -0.3 is 14.5 Å². The third-order valence-corrected chi connectivity index (χ3v) is 3.05. The van der Waals surface area contributed by atoms with Crippen LogP contribution in [0.15, 0.2) is 45.5 Å². The molecule has 0 radical (unpaired) electrons. The topological polar surface area (TPSA) is 34.4 Å². The lowest BCUT2D eigenvalue weighted by molar-refractivity contribution is -0.275. The van der Waals surface area contributed by atoms with Gasteiger partial charge in [-0.25, -0.2) is 0 Å². The van der Waals surface area contributed by atoms with Crippen molar-refractivity contribution >= 4 is 15.9 Å². The molecule has 7 heteroatoms. The number of furan rings is 1. The summed E-state index contributed by atoms with van der Waals surface area (Å²) in [4.78, 5) is 0. The summed E-state index contributed by atoms with van der Waals surface area (Å²) in [5.41, 5.74) is 0.342. The Balaban J connectivity index is 2.39. The quantitative estimate of drug-likeness (QED) is 0.895. The summed E-state index contributed by atoms with van der Waals surface area (Å²) in [5, 5.41) is 2.91. The molecule has 1 N–H and O–H groups in total. The van der Waals surface area contributed by atoms with Crippen molar-refractivity contribution in [3.8, 4) is 5.75 Å². The fourth-order valence-electron chi connectivity index (χ4n) is 1.87. The Morgan fingerprint density at radius 2 is 1.90 bits per heavy atom. The van der Waals surface area contributed by atoms with E-state index in [4.69, 9.17) is 4.42 Å². The fraction of sp³-hybridized carbons (Fsp3) is 0.231. The standard InChI is InChI=1S/C13H11BrF3NO2/c1-18-12(10-6-7-11(14)19-10)8-4-2-3-5-9(8)20-13(15,16)17/h2-7,12,18H,1H3. The summed E-state index contributed by atoms with van der Waals surface area (Å²) >= 11 is 3.16. The second kappa shape index (κ2) is 5.88. The molecule has 0 bridgehead atoms. The summed E-state index contributed by atoms with van der Waals surface area (Å²) < 4.78 is 47.2. The molecule has 3 nitrogen and oxygen atoms in total. The van der Waals surface area contributed by atoms with Crippen molar-refractivity contribution in [1.82, 2.24) is 5.32 Å². The second-order valence-electron chi connectivity index (χ2n) is 3.95. The van der Waals surface area contributed by atoms with Crippen LogP contribution in [-0.2, 0) is 0 Å². The number of halogens is 4. The highest BCUT2D eigenvalue weighted by molar-refractivity contribution is 9.10. The van der Waals surface area contributed by atoms with Crippen molar-refractivity contribution in [2.75, 3.05) is 7.05 Å². The zero-order valence-corrected chi connectivity index (χ0v) is 12.0. The smallest absolute Gasteiger partial charge is 0.452 e. The van der Waals surface area contributed by atoms with Crippen LogP contribution in [0.1, 0.15) is 17.4 Å². The predicted molar refractivity (Wildman–Crippen MR) is 70.4 cm³/mol. The Morgan fingerprint density at radius 1 is 1.20 bits per heavy atom. The maximum absolute atomic E-state index is 12.4. The third kappa shape index (κ3) is 3.55. The van der Waals surface area contributed by atoms with Crippen LogP contribution in [0.5, 0.6) is 5.75 Å². The number of nitrogens with one attached hydrogen (secondary N) is 1. The fourth-order valence-corrected chi connectivity index (χ4v) is 2.19. The Labute approximate surface area is 121 Å². The van der Waals surface area contributed by atoms with Crippen molar-refractivity contribution in [2.24, 2.45) is 0 Å². The first-order valence-electron chi connectivity index (χ1n) is 5.68. The van der Waals surface area contributed by atoms with E-state index in [1.54, 1.807) is 31.3 Å². The largest absolute Gasteiger partial charge is 0.573 e. The highest BCUT2D eigenvalue weighted by Gasteiger charge is 2.33. The minimum absolute atomic E-state index is 0.258. The van der Waals surface area contributed by atoms with E-state index in [1.165, 1.54) is 12.1 Å². The molecule has 0 aliphatic carbocycles. The predicted octanol–water partition coefficient (Wildman–Crippen LogP) is 4.25. The summed E-state index contributed by atoms with van der Waals surface area (Å²) in [6.07, 6.45) is -4.74. The van der Waals surface area contributed by atoms with Gasteiger partial charge in [0.05, 0.1) is 6.04 Å². The number of alkyl halides is 3. The zero-order chi connectivity index (χ0) is 14.8. The lowest BCUT2D eigenvalue weighted by Crippen LogP contribution is -2.22. The SMILES string of the molecule is CNC(c1ccc(Br)o1)c1ccccc1OC(F)(F)F. The molecule has 1 heterocycles. The molecule has 0 aliphatic rings. The maximum Gasteiger partial charge on any atom is 0.573 e. The van der Waals surface area contributed by atoms with E-state index < -0.39 is 12.4 Å². The summed E-state index contributed by atoms with van der Waals surface area (Å²) in [6.45, 7) is 0. The highest BCUT2D eigenvalue weighted by Crippen LogP contribution is 2.34. The van der Waals surface area contributed by atoms with E-state index in [0.29, 0.717) is 16.0 Å². The van der Waals surface area contributed by atoms with Crippen molar-refractivity contribution in [3.05, 3.63) is 52.4 Å². The van der Waals surface area contributed by atoms with E-state index >= 15 is 0 Å². The maximum atomic E-state index is 12.4. The first-order chi connectivity index (χ1) is 9.40. The first kappa shape index (κ1) is 14.9. The molecule has 2 aromatic rings. The number of benzene rings is 1. The van der Waals surface area contributed by atoms with Gasteiger partial charge in [-0.3, -0.25) is 0 Å². The Bertz CT molecular complexity index is 583. The van der Waals surface area contributed by atoms with Crippen LogP contribution in [0.2, 0.25) is 0 Å². The molecule has 1 aromatic heterocycles. The van der Waals surface area contributed by atoms with E-state index in [0.717, 1.165) is 0 Å². The Morgan fingerprint density at radius 3 is 2.45 bits per heavy atom. The molecule has 0 amide bonds. The molecule has 1 unspecified atom stereocenters. The molecule has 108 valence electrons. The molecule has 2 rings (SSSR count). The van der Waals surface area contributed by atoms with E-state index in [9.17, 15) is 13.2 Å². The molecule has 20 heavy (non-hydrogen) atoms. The van der Waals surface area contributed by atoms with Crippen LogP contribution in [0, 0.1) is 0 Å². The molecule has 0 saturated carbocycles. The average Bonchev–Trinajstić information content (AvgIpc) is 2.77. The summed E-state index contributed by atoms with van der Waals surface area (Å²) in [6, 6.07) is 8.75. The van der Waals surface area contributed by atoms with Gasteiger partial charge >= 0.3 is 6.36 Å². The van der Waals surface area contributed by atoms with Gasteiger partial charge in [-0.1, -0.05) is 18.2 Å². The van der Waals surface area contributed by atoms with E-state index in [2.05, 4.69) is 26.0 Å². The Hall–Kier alpha value is -1.47. The van der Waals surface area contributed by atoms with Crippen LogP contribution in [-0.4, -0.2) is 13.4 Å². The van der Waals surface area contributed by atoms with E-state index in [-0.39, 0.29) is 5.75 Å². The van der Waals surface area contributed by atoms with Gasteiger partial charge in [0, 0.05) is 5.56 Å². The van der Waals surface area contributed by atoms with Crippen molar-refractivity contribution in [2.45, 2.75) is 12.4 Å². The van der Waals surface area contributed by atoms with Crippen LogP contribution in [0.4, 0.5) is 13.2 Å². The molecule has 1 aromatic carbocycles. The van der Waals surface area contributed by atoms with E-state index in [1.807, 2.05) is 0 Å². The minimum Gasteiger partial charge on any atom is -0.452 e. The number of para-hydroxylation sites is 1. The number of ether oxygens (including phenoxy) is 1. The normalized spacial score (nSPS) is 13.2. The highest BCUT2D eigenvalue weighted by atomic mass is 79.9. The number of rotatable bonds is 4. The minimum atomic E-state index is -4.74. The summed E-state index contributed by atoms with van der Waals surface area (Å²) in [5.74, 6) is 0.226. The van der Waals surface area contributed by atoms with Crippen molar-refractivity contribution in [3.63, 3.8) is 0 Å². The average molecular weight is 350 g/mol. The van der Waals surface area contributed by atoms with Crippen LogP contribution in [0.3, 0.4) is 0 Å². The van der Waals surface area contributed by atoms with Crippen LogP contribution in [0.25, 0.3) is 0 Å². The van der Waals surface area contributed by atoms with Crippen molar-refractivity contribution in [1.29, 1.82) is 0 Å². The zero-order valence-electron chi connectivity index (χ0n) is 10.4. The molecular weight excluding hydrogens is 339 g/mol. The van der Waals surface area contributed by atoms with Gasteiger partial charge in [0.15, 0.2) is 4.67 Å². The van der Waals surface area contributed by atoms with Gasteiger partial charge in [-0.15, -0.1) is 13.2 Å². The van der Waals surface area contributed by atoms with Gasteiger partial charge in [0.25, 0.3) is 0 Å². The molecule has 0 aliphatic heterocycles. The lowest BCUT2D eigenvalue weighted by atomic mass is 10.0. The summed E-state index contributed by atoms with van der Waals surface area (Å²) in [7, 11) is 1.63. The van der Waals surface area contributed by atoms with Gasteiger partial charge in [-0.2, -0.15) is 0 Å². The second-order valence-corrected chi connectivity index (χ2v) is 4.73. The van der Waals surface area contributed by atoms with Gasteiger partial charge in [-0.05, 0) is 41.2 Å². The molecular formula is C13H11BrF3NO2. The van der Waals surface area contributed by atoms with Crippen molar-refractivity contribution < 1.29 is 22.3 Å². The molecule has 0 fully saturated rings. The van der Waals surface area contributed by atoms with Crippen LogP contribution >= 0.6 is 15.9 Å². The molecule has 0 spiro atoms. The molecule has 1 atom stereocenters. The lowest BCUT2D eigenvalue weighted by Gasteiger charge is -2.19. The van der Waals surface area contributed by atoms with Gasteiger partial charge in [0.1, 0.15) is 11.5 Å².